The second kappa shape index (κ2) is 3.63. The molecule has 3 unspecified atom stereocenters. The van der Waals surface area contributed by atoms with Crippen LogP contribution in [0.5, 0.6) is 0 Å². The molecule has 0 radical (unpaired) electrons. The predicted molar refractivity (Wildman–Crippen MR) is 51.7 cm³/mol. The molecule has 0 aromatic carbocycles. The summed E-state index contributed by atoms with van der Waals surface area (Å²) in [7, 11) is 0. The number of hydrogen-bond donors (Lipinski definition) is 2. The maximum Gasteiger partial charge on any atom is 0.133 e. The van der Waals surface area contributed by atoms with Gasteiger partial charge in [0.2, 0.25) is 0 Å². The number of rotatable bonds is 1. The molecule has 0 heterocycles. The second-order valence-corrected chi connectivity index (χ2v) is 4.79. The average molecular weight is 198 g/mol. The fourth-order valence-corrected chi connectivity index (χ4v) is 3.18. The molecule has 0 amide bonds. The Balaban J connectivity index is 2.24. The zero-order valence-corrected chi connectivity index (χ0v) is 8.41. The summed E-state index contributed by atoms with van der Waals surface area (Å²) in [5, 5.41) is 19.4. The third-order valence-corrected chi connectivity index (χ3v) is 4.10. The first kappa shape index (κ1) is 10.1. The van der Waals surface area contributed by atoms with Gasteiger partial charge in [0.05, 0.1) is 12.7 Å². The Morgan fingerprint density at radius 3 is 2.86 bits per heavy atom. The van der Waals surface area contributed by atoms with Crippen molar-refractivity contribution >= 4 is 5.78 Å². The molecule has 2 saturated carbocycles. The van der Waals surface area contributed by atoms with Gasteiger partial charge < -0.3 is 10.2 Å². The summed E-state index contributed by atoms with van der Waals surface area (Å²) < 4.78 is 0. The fourth-order valence-electron chi connectivity index (χ4n) is 3.18. The van der Waals surface area contributed by atoms with Crippen LogP contribution < -0.4 is 0 Å². The van der Waals surface area contributed by atoms with Gasteiger partial charge >= 0.3 is 0 Å². The minimum Gasteiger partial charge on any atom is -0.396 e. The smallest absolute Gasteiger partial charge is 0.133 e. The lowest BCUT2D eigenvalue weighted by atomic mass is 9.58. The predicted octanol–water partition coefficient (Wildman–Crippen LogP) is 0.879. The zero-order chi connectivity index (χ0) is 10.2. The molecule has 0 aromatic rings. The van der Waals surface area contributed by atoms with Gasteiger partial charge in [-0.25, -0.2) is 0 Å². The Morgan fingerprint density at radius 1 is 1.36 bits per heavy atom. The Morgan fingerprint density at radius 2 is 2.14 bits per heavy atom. The van der Waals surface area contributed by atoms with Crippen molar-refractivity contribution < 1.29 is 15.0 Å². The minimum absolute atomic E-state index is 0.0371. The van der Waals surface area contributed by atoms with Crippen molar-refractivity contribution in [1.82, 2.24) is 0 Å². The standard InChI is InChI=1S/C11H18O3/c12-7-11-6-9(13)5-4-8(11)2-1-3-10(11)14/h8,10,12,14H,1-7H2. The van der Waals surface area contributed by atoms with E-state index in [2.05, 4.69) is 0 Å². The Kier molecular flexibility index (Phi) is 2.62. The Bertz CT molecular complexity index is 239. The SMILES string of the molecule is O=C1CCC2CCCC(O)C2(CO)C1. The van der Waals surface area contributed by atoms with E-state index in [0.717, 1.165) is 25.7 Å². The first-order chi connectivity index (χ1) is 6.69. The van der Waals surface area contributed by atoms with E-state index >= 15 is 0 Å². The van der Waals surface area contributed by atoms with Crippen molar-refractivity contribution in [3.8, 4) is 0 Å². The quantitative estimate of drug-likeness (QED) is 0.657. The summed E-state index contributed by atoms with van der Waals surface area (Å²) in [6.07, 6.45) is 4.23. The van der Waals surface area contributed by atoms with Crippen LogP contribution in [0, 0.1) is 11.3 Å². The zero-order valence-electron chi connectivity index (χ0n) is 8.41. The normalized spacial score (nSPS) is 43.4. The maximum absolute atomic E-state index is 11.4. The Labute approximate surface area is 84.1 Å². The average Bonchev–Trinajstić information content (AvgIpc) is 2.19. The van der Waals surface area contributed by atoms with Crippen LogP contribution in [-0.2, 0) is 4.79 Å². The van der Waals surface area contributed by atoms with Crippen LogP contribution in [-0.4, -0.2) is 28.7 Å². The molecule has 14 heavy (non-hydrogen) atoms. The van der Waals surface area contributed by atoms with Crippen molar-refractivity contribution in [2.24, 2.45) is 11.3 Å². The number of aliphatic hydroxyl groups is 2. The molecule has 0 bridgehead atoms. The monoisotopic (exact) mass is 198 g/mol. The number of ketones is 1. The van der Waals surface area contributed by atoms with Crippen molar-refractivity contribution in [3.05, 3.63) is 0 Å². The molecule has 0 aromatic heterocycles. The highest BCUT2D eigenvalue weighted by molar-refractivity contribution is 5.80. The molecule has 3 nitrogen and oxygen atoms in total. The number of fused-ring (bicyclic) bond motifs is 1. The molecule has 0 saturated heterocycles. The molecule has 0 aliphatic heterocycles. The summed E-state index contributed by atoms with van der Waals surface area (Å²) in [6.45, 7) is -0.0371. The van der Waals surface area contributed by atoms with E-state index in [-0.39, 0.29) is 12.4 Å². The van der Waals surface area contributed by atoms with Crippen LogP contribution in [0.15, 0.2) is 0 Å². The summed E-state index contributed by atoms with van der Waals surface area (Å²) >= 11 is 0. The van der Waals surface area contributed by atoms with Gasteiger partial charge in [-0.15, -0.1) is 0 Å². The van der Waals surface area contributed by atoms with E-state index in [1.165, 1.54) is 0 Å². The van der Waals surface area contributed by atoms with Gasteiger partial charge in [0.25, 0.3) is 0 Å². The molecule has 2 aliphatic carbocycles. The van der Waals surface area contributed by atoms with Gasteiger partial charge in [-0.2, -0.15) is 0 Å². The Hall–Kier alpha value is -0.410. The summed E-state index contributed by atoms with van der Waals surface area (Å²) in [5.74, 6) is 0.560. The number of carbonyl (C=O) groups excluding carboxylic acids is 1. The minimum atomic E-state index is -0.492. The lowest BCUT2D eigenvalue weighted by Crippen LogP contribution is -2.51. The van der Waals surface area contributed by atoms with Crippen LogP contribution in [0.2, 0.25) is 0 Å². The molecule has 3 atom stereocenters. The van der Waals surface area contributed by atoms with E-state index in [9.17, 15) is 15.0 Å². The fraction of sp³-hybridized carbons (Fsp3) is 0.909. The topological polar surface area (TPSA) is 57.5 Å². The van der Waals surface area contributed by atoms with E-state index in [4.69, 9.17) is 0 Å². The van der Waals surface area contributed by atoms with Crippen LogP contribution in [0.1, 0.15) is 38.5 Å². The van der Waals surface area contributed by atoms with Gasteiger partial charge in [0, 0.05) is 18.3 Å². The molecule has 2 rings (SSSR count). The molecule has 2 fully saturated rings. The van der Waals surface area contributed by atoms with E-state index < -0.39 is 11.5 Å². The molecule has 2 N–H and O–H groups in total. The number of carbonyl (C=O) groups is 1. The molecule has 3 heteroatoms. The van der Waals surface area contributed by atoms with Gasteiger partial charge in [0.15, 0.2) is 0 Å². The highest BCUT2D eigenvalue weighted by Crippen LogP contribution is 2.49. The largest absolute Gasteiger partial charge is 0.396 e. The molecule has 0 spiro atoms. The third-order valence-electron chi connectivity index (χ3n) is 4.10. The molecular formula is C11H18O3. The van der Waals surface area contributed by atoms with E-state index in [1.54, 1.807) is 0 Å². The molecule has 2 aliphatic rings. The van der Waals surface area contributed by atoms with Gasteiger partial charge in [-0.1, -0.05) is 6.42 Å². The van der Waals surface area contributed by atoms with Crippen molar-refractivity contribution in [2.45, 2.75) is 44.6 Å². The maximum atomic E-state index is 11.4. The van der Waals surface area contributed by atoms with Gasteiger partial charge in [-0.3, -0.25) is 4.79 Å². The number of Topliss-reactive ketones (excluding diaryl/α,β-unsaturated/α-hetero) is 1. The first-order valence-corrected chi connectivity index (χ1v) is 5.49. The highest BCUT2D eigenvalue weighted by Gasteiger charge is 2.49. The van der Waals surface area contributed by atoms with Crippen LogP contribution in [0.4, 0.5) is 0 Å². The van der Waals surface area contributed by atoms with Crippen LogP contribution in [0.3, 0.4) is 0 Å². The lowest BCUT2D eigenvalue weighted by Gasteiger charge is -2.48. The second-order valence-electron chi connectivity index (χ2n) is 4.79. The number of hydrogen-bond acceptors (Lipinski definition) is 3. The molecule has 80 valence electrons. The van der Waals surface area contributed by atoms with E-state index in [1.807, 2.05) is 0 Å². The summed E-state index contributed by atoms with van der Waals surface area (Å²) in [5.41, 5.74) is -0.492. The third kappa shape index (κ3) is 1.39. The van der Waals surface area contributed by atoms with Crippen molar-refractivity contribution in [3.63, 3.8) is 0 Å². The summed E-state index contributed by atoms with van der Waals surface area (Å²) in [6, 6.07) is 0. The lowest BCUT2D eigenvalue weighted by molar-refractivity contribution is -0.143. The van der Waals surface area contributed by atoms with Crippen LogP contribution >= 0.6 is 0 Å². The van der Waals surface area contributed by atoms with Crippen molar-refractivity contribution in [2.75, 3.05) is 6.61 Å². The first-order valence-electron chi connectivity index (χ1n) is 5.49. The van der Waals surface area contributed by atoms with Gasteiger partial charge in [0.1, 0.15) is 5.78 Å². The summed E-state index contributed by atoms with van der Waals surface area (Å²) in [4.78, 5) is 11.4. The van der Waals surface area contributed by atoms with Crippen LogP contribution in [0.25, 0.3) is 0 Å². The van der Waals surface area contributed by atoms with Crippen molar-refractivity contribution in [1.29, 1.82) is 0 Å². The highest BCUT2D eigenvalue weighted by atomic mass is 16.3. The van der Waals surface area contributed by atoms with E-state index in [0.29, 0.717) is 18.8 Å². The molecular weight excluding hydrogens is 180 g/mol. The van der Waals surface area contributed by atoms with Gasteiger partial charge in [-0.05, 0) is 25.2 Å². The number of aliphatic hydroxyl groups excluding tert-OH is 2.